The standard InChI is InChI=1S/C19H20BrN5O/c20-14-5-7-18(21-13-14)24-9-11-25(12-10-24)19(26)8-6-17-22-15-3-1-2-4-16(15)23-17/h1-5,7,13H,6,8-12H2,(H,22,23). The smallest absolute Gasteiger partial charge is 0.223 e. The Morgan fingerprint density at radius 2 is 1.92 bits per heavy atom. The van der Waals surface area contributed by atoms with Gasteiger partial charge in [-0.05, 0) is 40.2 Å². The molecule has 1 aliphatic rings. The Kier molecular flexibility index (Phi) is 4.88. The number of amides is 1. The third-order valence-electron chi connectivity index (χ3n) is 4.68. The molecular weight excluding hydrogens is 394 g/mol. The molecule has 2 aromatic heterocycles. The van der Waals surface area contributed by atoms with E-state index in [2.05, 4.69) is 35.8 Å². The van der Waals surface area contributed by atoms with Crippen LogP contribution >= 0.6 is 15.9 Å². The van der Waals surface area contributed by atoms with Gasteiger partial charge in [0.2, 0.25) is 5.91 Å². The molecule has 1 aromatic carbocycles. The van der Waals surface area contributed by atoms with Crippen molar-refractivity contribution in [2.75, 3.05) is 31.1 Å². The molecule has 0 bridgehead atoms. The van der Waals surface area contributed by atoms with Crippen LogP contribution in [0.3, 0.4) is 0 Å². The number of pyridine rings is 1. The highest BCUT2D eigenvalue weighted by atomic mass is 79.9. The summed E-state index contributed by atoms with van der Waals surface area (Å²) in [6, 6.07) is 11.9. The summed E-state index contributed by atoms with van der Waals surface area (Å²) in [4.78, 5) is 28.9. The van der Waals surface area contributed by atoms with Crippen molar-refractivity contribution in [3.05, 3.63) is 52.9 Å². The number of H-pyrrole nitrogens is 1. The van der Waals surface area contributed by atoms with Crippen LogP contribution in [0.5, 0.6) is 0 Å². The molecule has 1 aliphatic heterocycles. The van der Waals surface area contributed by atoms with Gasteiger partial charge >= 0.3 is 0 Å². The first-order valence-corrected chi connectivity index (χ1v) is 9.56. The first-order chi connectivity index (χ1) is 12.7. The molecule has 3 heterocycles. The number of benzene rings is 1. The van der Waals surface area contributed by atoms with Crippen molar-refractivity contribution in [2.45, 2.75) is 12.8 Å². The van der Waals surface area contributed by atoms with Crippen LogP contribution in [0.15, 0.2) is 47.1 Å². The maximum Gasteiger partial charge on any atom is 0.223 e. The van der Waals surface area contributed by atoms with Gasteiger partial charge in [0.25, 0.3) is 0 Å². The summed E-state index contributed by atoms with van der Waals surface area (Å²) in [5.41, 5.74) is 1.97. The molecule has 26 heavy (non-hydrogen) atoms. The van der Waals surface area contributed by atoms with Crippen molar-refractivity contribution in [1.82, 2.24) is 19.9 Å². The van der Waals surface area contributed by atoms with Crippen LogP contribution in [0.4, 0.5) is 5.82 Å². The first kappa shape index (κ1) is 17.0. The number of fused-ring (bicyclic) bond motifs is 1. The lowest BCUT2D eigenvalue weighted by atomic mass is 10.2. The van der Waals surface area contributed by atoms with Crippen molar-refractivity contribution in [2.24, 2.45) is 0 Å². The largest absolute Gasteiger partial charge is 0.353 e. The number of imidazole rings is 1. The third-order valence-corrected chi connectivity index (χ3v) is 5.15. The Morgan fingerprint density at radius 1 is 1.12 bits per heavy atom. The van der Waals surface area contributed by atoms with E-state index in [1.54, 1.807) is 6.20 Å². The predicted molar refractivity (Wildman–Crippen MR) is 105 cm³/mol. The number of nitrogens with zero attached hydrogens (tertiary/aromatic N) is 4. The topological polar surface area (TPSA) is 65.1 Å². The Bertz CT molecular complexity index is 867. The summed E-state index contributed by atoms with van der Waals surface area (Å²) in [6.07, 6.45) is 2.93. The van der Waals surface area contributed by atoms with E-state index < -0.39 is 0 Å². The molecule has 0 saturated carbocycles. The average Bonchev–Trinajstić information content (AvgIpc) is 3.10. The van der Waals surface area contributed by atoms with Gasteiger partial charge in [0.1, 0.15) is 11.6 Å². The number of carbonyl (C=O) groups excluding carboxylic acids is 1. The van der Waals surface area contributed by atoms with Gasteiger partial charge in [0.15, 0.2) is 0 Å². The Morgan fingerprint density at radius 3 is 2.65 bits per heavy atom. The lowest BCUT2D eigenvalue weighted by Gasteiger charge is -2.35. The number of hydrogen-bond acceptors (Lipinski definition) is 4. The zero-order valence-electron chi connectivity index (χ0n) is 14.4. The highest BCUT2D eigenvalue weighted by Gasteiger charge is 2.21. The zero-order valence-corrected chi connectivity index (χ0v) is 15.9. The number of nitrogens with one attached hydrogen (secondary N) is 1. The number of rotatable bonds is 4. The predicted octanol–water partition coefficient (Wildman–Crippen LogP) is 3.00. The number of aromatic amines is 1. The number of aromatic nitrogens is 3. The van der Waals surface area contributed by atoms with Crippen LogP contribution in [0.2, 0.25) is 0 Å². The highest BCUT2D eigenvalue weighted by molar-refractivity contribution is 9.10. The summed E-state index contributed by atoms with van der Waals surface area (Å²) < 4.78 is 0.973. The van der Waals surface area contributed by atoms with Crippen molar-refractivity contribution in [3.63, 3.8) is 0 Å². The maximum atomic E-state index is 12.5. The summed E-state index contributed by atoms with van der Waals surface area (Å²) in [5.74, 6) is 2.02. The summed E-state index contributed by atoms with van der Waals surface area (Å²) in [5, 5.41) is 0. The van der Waals surface area contributed by atoms with Gasteiger partial charge in [-0.25, -0.2) is 9.97 Å². The molecule has 4 rings (SSSR count). The van der Waals surface area contributed by atoms with Gasteiger partial charge in [0, 0.05) is 49.7 Å². The molecule has 1 saturated heterocycles. The monoisotopic (exact) mass is 413 g/mol. The van der Waals surface area contributed by atoms with Crippen LogP contribution in [-0.2, 0) is 11.2 Å². The number of hydrogen-bond donors (Lipinski definition) is 1. The van der Waals surface area contributed by atoms with E-state index in [0.29, 0.717) is 12.8 Å². The van der Waals surface area contributed by atoms with Gasteiger partial charge in [-0.2, -0.15) is 0 Å². The Labute approximate surface area is 160 Å². The number of anilines is 1. The molecule has 3 aromatic rings. The van der Waals surface area contributed by atoms with E-state index in [9.17, 15) is 4.79 Å². The SMILES string of the molecule is O=C(CCc1nc2ccccc2[nH]1)N1CCN(c2ccc(Br)cn2)CC1. The van der Waals surface area contributed by atoms with Gasteiger partial charge in [0.05, 0.1) is 11.0 Å². The second-order valence-electron chi connectivity index (χ2n) is 6.40. The molecule has 6 nitrogen and oxygen atoms in total. The summed E-state index contributed by atoms with van der Waals surface area (Å²) >= 11 is 3.40. The van der Waals surface area contributed by atoms with Crippen molar-refractivity contribution < 1.29 is 4.79 Å². The van der Waals surface area contributed by atoms with Gasteiger partial charge in [-0.1, -0.05) is 12.1 Å². The average molecular weight is 414 g/mol. The van der Waals surface area contributed by atoms with E-state index in [1.165, 1.54) is 0 Å². The molecule has 7 heteroatoms. The molecule has 1 amide bonds. The molecule has 0 spiro atoms. The van der Waals surface area contributed by atoms with E-state index in [-0.39, 0.29) is 5.91 Å². The summed E-state index contributed by atoms with van der Waals surface area (Å²) in [6.45, 7) is 3.09. The first-order valence-electron chi connectivity index (χ1n) is 8.77. The molecule has 0 radical (unpaired) electrons. The fourth-order valence-corrected chi connectivity index (χ4v) is 3.48. The minimum atomic E-state index is 0.189. The van der Waals surface area contributed by atoms with E-state index >= 15 is 0 Å². The molecule has 1 fully saturated rings. The zero-order chi connectivity index (χ0) is 17.9. The fourth-order valence-electron chi connectivity index (χ4n) is 3.25. The number of halogens is 1. The third kappa shape index (κ3) is 3.72. The van der Waals surface area contributed by atoms with Crippen LogP contribution in [0.25, 0.3) is 11.0 Å². The number of carbonyl (C=O) groups is 1. The van der Waals surface area contributed by atoms with Crippen molar-refractivity contribution in [1.29, 1.82) is 0 Å². The van der Waals surface area contributed by atoms with Crippen LogP contribution < -0.4 is 4.90 Å². The summed E-state index contributed by atoms with van der Waals surface area (Å²) in [7, 11) is 0. The molecule has 1 N–H and O–H groups in total. The molecule has 134 valence electrons. The van der Waals surface area contributed by atoms with E-state index in [1.807, 2.05) is 41.3 Å². The second-order valence-corrected chi connectivity index (χ2v) is 7.32. The van der Waals surface area contributed by atoms with Gasteiger partial charge < -0.3 is 14.8 Å². The Balaban J connectivity index is 1.30. The highest BCUT2D eigenvalue weighted by Crippen LogP contribution is 2.17. The normalized spacial score (nSPS) is 14.8. The second kappa shape index (κ2) is 7.45. The van der Waals surface area contributed by atoms with Crippen LogP contribution in [0.1, 0.15) is 12.2 Å². The maximum absolute atomic E-state index is 12.5. The molecular formula is C19H20BrN5O. The fraction of sp³-hybridized carbons (Fsp3) is 0.316. The molecule has 0 atom stereocenters. The lowest BCUT2D eigenvalue weighted by Crippen LogP contribution is -2.49. The lowest BCUT2D eigenvalue weighted by molar-refractivity contribution is -0.131. The van der Waals surface area contributed by atoms with Crippen molar-refractivity contribution >= 4 is 38.7 Å². The van der Waals surface area contributed by atoms with Crippen LogP contribution in [-0.4, -0.2) is 51.9 Å². The quantitative estimate of drug-likeness (QED) is 0.713. The minimum absolute atomic E-state index is 0.189. The number of aryl methyl sites for hydroxylation is 1. The van der Waals surface area contributed by atoms with E-state index in [0.717, 1.165) is 53.3 Å². The van der Waals surface area contributed by atoms with Crippen molar-refractivity contribution in [3.8, 4) is 0 Å². The number of para-hydroxylation sites is 2. The molecule has 0 unspecified atom stereocenters. The number of piperazine rings is 1. The van der Waals surface area contributed by atoms with E-state index in [4.69, 9.17) is 0 Å². The Hall–Kier alpha value is -2.41. The molecule has 0 aliphatic carbocycles. The van der Waals surface area contributed by atoms with Crippen LogP contribution in [0, 0.1) is 0 Å². The van der Waals surface area contributed by atoms with Gasteiger partial charge in [-0.3, -0.25) is 4.79 Å². The van der Waals surface area contributed by atoms with Gasteiger partial charge in [-0.15, -0.1) is 0 Å². The minimum Gasteiger partial charge on any atom is -0.353 e.